The number of benzene rings is 1. The molecule has 0 saturated carbocycles. The largest absolute Gasteiger partial charge is 0.459 e. The molecule has 2 unspecified atom stereocenters. The molecule has 1 fully saturated rings. The molecule has 2 aliphatic rings. The fraction of sp³-hybridized carbons (Fsp3) is 0.400. The molecule has 0 aliphatic carbocycles. The zero-order valence-electron chi connectivity index (χ0n) is 14.8. The van der Waals surface area contributed by atoms with Crippen molar-refractivity contribution >= 4 is 35.2 Å². The summed E-state index contributed by atoms with van der Waals surface area (Å²) < 4.78 is 5.21. The summed E-state index contributed by atoms with van der Waals surface area (Å²) in [6.07, 6.45) is 3.97. The quantitative estimate of drug-likeness (QED) is 0.835. The molecule has 7 heteroatoms. The first-order valence-corrected chi connectivity index (χ1v) is 10.5. The lowest BCUT2D eigenvalue weighted by atomic mass is 9.95. The predicted octanol–water partition coefficient (Wildman–Crippen LogP) is 4.14. The van der Waals surface area contributed by atoms with E-state index in [0.29, 0.717) is 23.9 Å². The van der Waals surface area contributed by atoms with Crippen molar-refractivity contribution in [3.8, 4) is 0 Å². The summed E-state index contributed by atoms with van der Waals surface area (Å²) in [4.78, 5) is 28.3. The molecule has 0 spiro atoms. The van der Waals surface area contributed by atoms with Crippen LogP contribution in [0.3, 0.4) is 0 Å². The van der Waals surface area contributed by atoms with Gasteiger partial charge in [0.15, 0.2) is 5.76 Å². The van der Waals surface area contributed by atoms with Crippen molar-refractivity contribution in [3.63, 3.8) is 0 Å². The Labute approximate surface area is 167 Å². The van der Waals surface area contributed by atoms with Gasteiger partial charge < -0.3 is 14.6 Å². The van der Waals surface area contributed by atoms with Crippen molar-refractivity contribution in [1.82, 2.24) is 10.2 Å². The molecule has 2 aliphatic heterocycles. The fourth-order valence-corrected chi connectivity index (χ4v) is 5.02. The fourth-order valence-electron chi connectivity index (χ4n) is 3.74. The lowest BCUT2D eigenvalue weighted by Gasteiger charge is -2.33. The number of hydrogen-bond donors (Lipinski definition) is 1. The van der Waals surface area contributed by atoms with E-state index in [1.54, 1.807) is 28.8 Å². The normalized spacial score (nSPS) is 22.2. The van der Waals surface area contributed by atoms with Gasteiger partial charge in [-0.1, -0.05) is 11.6 Å². The minimum Gasteiger partial charge on any atom is -0.459 e. The van der Waals surface area contributed by atoms with Crippen LogP contribution in [0.4, 0.5) is 0 Å². The van der Waals surface area contributed by atoms with Crippen LogP contribution in [0, 0.1) is 5.92 Å². The molecule has 27 heavy (non-hydrogen) atoms. The van der Waals surface area contributed by atoms with E-state index in [1.807, 2.05) is 18.2 Å². The number of thioether (sulfide) groups is 1. The lowest BCUT2D eigenvalue weighted by molar-refractivity contribution is -0.127. The summed E-state index contributed by atoms with van der Waals surface area (Å²) in [5.74, 6) is 0.949. The minimum absolute atomic E-state index is 0.00905. The molecule has 3 heterocycles. The maximum atomic E-state index is 12.9. The molecule has 1 saturated heterocycles. The summed E-state index contributed by atoms with van der Waals surface area (Å²) >= 11 is 7.95. The van der Waals surface area contributed by atoms with Crippen molar-refractivity contribution in [1.29, 1.82) is 0 Å². The van der Waals surface area contributed by atoms with Crippen molar-refractivity contribution in [2.75, 3.05) is 18.8 Å². The molecular weight excluding hydrogens is 384 g/mol. The molecule has 2 aromatic rings. The third-order valence-electron chi connectivity index (χ3n) is 5.14. The highest BCUT2D eigenvalue weighted by molar-refractivity contribution is 7.99. The van der Waals surface area contributed by atoms with E-state index in [4.69, 9.17) is 16.0 Å². The average molecular weight is 405 g/mol. The van der Waals surface area contributed by atoms with Crippen molar-refractivity contribution < 1.29 is 14.0 Å². The Morgan fingerprint density at radius 1 is 1.26 bits per heavy atom. The molecule has 1 N–H and O–H groups in total. The molecule has 5 nitrogen and oxygen atoms in total. The number of fused-ring (bicyclic) bond motifs is 1. The first-order valence-electron chi connectivity index (χ1n) is 9.17. The standard InChI is InChI=1S/C20H21ClN2O3S/c21-14-5-6-18-15(11-14)16(7-10-27-18)22-19(24)13-3-1-8-23(12-13)20(25)17-4-2-9-26-17/h2,4-6,9,11,13,16H,1,3,7-8,10,12H2,(H,22,24). The van der Waals surface area contributed by atoms with Crippen LogP contribution in [0.5, 0.6) is 0 Å². The molecule has 1 aromatic heterocycles. The second-order valence-corrected chi connectivity index (χ2v) is 8.52. The zero-order valence-corrected chi connectivity index (χ0v) is 16.4. The van der Waals surface area contributed by atoms with Gasteiger partial charge >= 0.3 is 0 Å². The number of piperidine rings is 1. The molecule has 4 rings (SSSR count). The number of amides is 2. The van der Waals surface area contributed by atoms with E-state index >= 15 is 0 Å². The zero-order chi connectivity index (χ0) is 18.8. The smallest absolute Gasteiger partial charge is 0.289 e. The van der Waals surface area contributed by atoms with Gasteiger partial charge in [-0.2, -0.15) is 0 Å². The van der Waals surface area contributed by atoms with E-state index in [9.17, 15) is 9.59 Å². The lowest BCUT2D eigenvalue weighted by Crippen LogP contribution is -2.46. The summed E-state index contributed by atoms with van der Waals surface area (Å²) in [5.41, 5.74) is 1.09. The van der Waals surface area contributed by atoms with Crippen LogP contribution in [0.2, 0.25) is 5.02 Å². The summed E-state index contributed by atoms with van der Waals surface area (Å²) in [6, 6.07) is 9.18. The van der Waals surface area contributed by atoms with E-state index < -0.39 is 0 Å². The third-order valence-corrected chi connectivity index (χ3v) is 6.50. The van der Waals surface area contributed by atoms with Crippen LogP contribution in [0.25, 0.3) is 0 Å². The van der Waals surface area contributed by atoms with Crippen molar-refractivity contribution in [3.05, 3.63) is 52.9 Å². The van der Waals surface area contributed by atoms with Gasteiger partial charge in [-0.3, -0.25) is 9.59 Å². The van der Waals surface area contributed by atoms with Gasteiger partial charge in [0.25, 0.3) is 5.91 Å². The topological polar surface area (TPSA) is 62.6 Å². The van der Waals surface area contributed by atoms with E-state index in [-0.39, 0.29) is 23.8 Å². The average Bonchev–Trinajstić information content (AvgIpc) is 3.23. The van der Waals surface area contributed by atoms with Gasteiger partial charge in [-0.25, -0.2) is 0 Å². The van der Waals surface area contributed by atoms with E-state index in [0.717, 1.165) is 30.6 Å². The Hall–Kier alpha value is -1.92. The Kier molecular flexibility index (Phi) is 5.45. The van der Waals surface area contributed by atoms with Gasteiger partial charge in [0.05, 0.1) is 18.2 Å². The summed E-state index contributed by atoms with van der Waals surface area (Å²) in [7, 11) is 0. The number of nitrogens with zero attached hydrogens (tertiary/aromatic N) is 1. The molecule has 0 radical (unpaired) electrons. The first kappa shape index (κ1) is 18.4. The Morgan fingerprint density at radius 3 is 2.96 bits per heavy atom. The second kappa shape index (κ2) is 7.98. The van der Waals surface area contributed by atoms with E-state index in [2.05, 4.69) is 5.32 Å². The van der Waals surface area contributed by atoms with Gasteiger partial charge in [0.2, 0.25) is 5.91 Å². The van der Waals surface area contributed by atoms with E-state index in [1.165, 1.54) is 11.2 Å². The SMILES string of the molecule is O=C(NC1CCSc2ccc(Cl)cc21)C1CCCN(C(=O)c2ccco2)C1. The van der Waals surface area contributed by atoms with Crippen molar-refractivity contribution in [2.24, 2.45) is 5.92 Å². The maximum Gasteiger partial charge on any atom is 0.289 e. The molecular formula is C20H21ClN2O3S. The summed E-state index contributed by atoms with van der Waals surface area (Å²) in [6.45, 7) is 1.08. The molecule has 0 bridgehead atoms. The first-order chi connectivity index (χ1) is 13.1. The van der Waals surface area contributed by atoms with Crippen LogP contribution in [-0.2, 0) is 4.79 Å². The van der Waals surface area contributed by atoms with Crippen LogP contribution in [-0.4, -0.2) is 35.6 Å². The number of nitrogens with one attached hydrogen (secondary N) is 1. The molecule has 2 atom stereocenters. The minimum atomic E-state index is -0.199. The van der Waals surface area contributed by atoms with Gasteiger partial charge in [-0.05, 0) is 55.2 Å². The summed E-state index contributed by atoms with van der Waals surface area (Å²) in [5, 5.41) is 3.88. The predicted molar refractivity (Wildman–Crippen MR) is 105 cm³/mol. The van der Waals surface area contributed by atoms with Crippen LogP contribution in [0.1, 0.15) is 41.4 Å². The van der Waals surface area contributed by atoms with Crippen LogP contribution in [0.15, 0.2) is 45.9 Å². The third kappa shape index (κ3) is 4.01. The van der Waals surface area contributed by atoms with Gasteiger partial charge in [0, 0.05) is 28.8 Å². The number of hydrogen-bond acceptors (Lipinski definition) is 4. The van der Waals surface area contributed by atoms with Crippen molar-refractivity contribution in [2.45, 2.75) is 30.2 Å². The monoisotopic (exact) mass is 404 g/mol. The molecule has 2 amide bonds. The number of rotatable bonds is 3. The number of carbonyl (C=O) groups excluding carboxylic acids is 2. The van der Waals surface area contributed by atoms with Gasteiger partial charge in [0.1, 0.15) is 0 Å². The highest BCUT2D eigenvalue weighted by atomic mass is 35.5. The van der Waals surface area contributed by atoms with Crippen LogP contribution >= 0.6 is 23.4 Å². The Balaban J connectivity index is 1.43. The highest BCUT2D eigenvalue weighted by Gasteiger charge is 2.32. The molecule has 1 aromatic carbocycles. The maximum absolute atomic E-state index is 12.9. The highest BCUT2D eigenvalue weighted by Crippen LogP contribution is 2.37. The Bertz CT molecular complexity index is 840. The Morgan fingerprint density at radius 2 is 2.15 bits per heavy atom. The second-order valence-electron chi connectivity index (χ2n) is 6.95. The number of likely N-dealkylation sites (tertiary alicyclic amines) is 1. The number of furan rings is 1. The number of halogens is 1. The molecule has 142 valence electrons. The van der Waals surface area contributed by atoms with Gasteiger partial charge in [-0.15, -0.1) is 11.8 Å². The number of carbonyl (C=O) groups is 2. The van der Waals surface area contributed by atoms with Crippen LogP contribution < -0.4 is 5.32 Å².